The van der Waals surface area contributed by atoms with E-state index in [9.17, 15) is 24.0 Å². The minimum Gasteiger partial charge on any atom is -0.441 e. The first-order chi connectivity index (χ1) is 22.2. The maximum atomic E-state index is 13.9. The lowest BCUT2D eigenvalue weighted by atomic mass is 9.84. The standard InChI is InChI=1S/C35H43ClN4O6/c36-26-13-7-10-23(18-26)20-30(24-11-5-2-6-12-24)46-35(45)40-29(19-22-8-3-1-4-9-22)33(43)39-28(21-25-16-17-37-32(25)42)31(41)34(44)38-27-14-15-27/h2,5-7,10-13,18,22,25,27-30H,1,3-4,8-9,14-17,19-21H2,(H,37,42)(H,38,44)(H,39,43)(H,40,45). The average molecular weight is 651 g/mol. The predicted molar refractivity (Wildman–Crippen MR) is 173 cm³/mol. The number of ketones is 1. The van der Waals surface area contributed by atoms with Crippen LogP contribution in [0.3, 0.4) is 0 Å². The topological polar surface area (TPSA) is 143 Å². The molecule has 0 bridgehead atoms. The van der Waals surface area contributed by atoms with Gasteiger partial charge in [0.1, 0.15) is 12.1 Å². The molecule has 4 amide bonds. The van der Waals surface area contributed by atoms with Gasteiger partial charge in [0, 0.05) is 29.9 Å². The summed E-state index contributed by atoms with van der Waals surface area (Å²) in [6.45, 7) is 0.474. The van der Waals surface area contributed by atoms with Crippen molar-refractivity contribution >= 4 is 41.2 Å². The molecule has 3 fully saturated rings. The highest BCUT2D eigenvalue weighted by Gasteiger charge is 2.37. The summed E-state index contributed by atoms with van der Waals surface area (Å²) in [5, 5.41) is 11.6. The fraction of sp³-hybridized carbons (Fsp3) is 0.514. The second-order valence-corrected chi connectivity index (χ2v) is 13.2. The molecule has 1 aliphatic heterocycles. The van der Waals surface area contributed by atoms with Crippen LogP contribution in [0.25, 0.3) is 0 Å². The number of carbonyl (C=O) groups excluding carboxylic acids is 5. The Hall–Kier alpha value is -3.92. The van der Waals surface area contributed by atoms with Crippen molar-refractivity contribution in [1.82, 2.24) is 21.3 Å². The zero-order valence-corrected chi connectivity index (χ0v) is 26.7. The minimum atomic E-state index is -1.20. The van der Waals surface area contributed by atoms with E-state index in [0.717, 1.165) is 56.1 Å². The van der Waals surface area contributed by atoms with E-state index >= 15 is 0 Å². The molecule has 11 heteroatoms. The molecule has 5 rings (SSSR count). The third-order valence-electron chi connectivity index (χ3n) is 9.09. The van der Waals surface area contributed by atoms with Gasteiger partial charge in [-0.3, -0.25) is 19.2 Å². The smallest absolute Gasteiger partial charge is 0.408 e. The zero-order chi connectivity index (χ0) is 32.5. The molecule has 46 heavy (non-hydrogen) atoms. The third-order valence-corrected chi connectivity index (χ3v) is 9.32. The Morgan fingerprint density at radius 3 is 2.30 bits per heavy atom. The molecule has 2 saturated carbocycles. The van der Waals surface area contributed by atoms with Gasteiger partial charge < -0.3 is 26.0 Å². The molecule has 4 N–H and O–H groups in total. The van der Waals surface area contributed by atoms with Gasteiger partial charge in [0.05, 0.1) is 6.04 Å². The summed E-state index contributed by atoms with van der Waals surface area (Å²) in [7, 11) is 0. The van der Waals surface area contributed by atoms with Crippen molar-refractivity contribution in [2.45, 2.75) is 94.9 Å². The highest BCUT2D eigenvalue weighted by atomic mass is 35.5. The number of Topliss-reactive ketones (excluding diaryl/α,β-unsaturated/α-hetero) is 1. The predicted octanol–water partition coefficient (Wildman–Crippen LogP) is 4.55. The number of hydrogen-bond acceptors (Lipinski definition) is 6. The van der Waals surface area contributed by atoms with Gasteiger partial charge >= 0.3 is 6.09 Å². The molecule has 2 aromatic rings. The van der Waals surface area contributed by atoms with Gasteiger partial charge in [0.2, 0.25) is 17.6 Å². The Morgan fingerprint density at radius 1 is 0.870 bits per heavy atom. The molecule has 4 unspecified atom stereocenters. The maximum Gasteiger partial charge on any atom is 0.408 e. The lowest BCUT2D eigenvalue weighted by Crippen LogP contribution is -2.55. The molecule has 1 saturated heterocycles. The van der Waals surface area contributed by atoms with Crippen LogP contribution in [0.1, 0.15) is 81.4 Å². The summed E-state index contributed by atoms with van der Waals surface area (Å²) >= 11 is 6.21. The van der Waals surface area contributed by atoms with Crippen LogP contribution in [0.15, 0.2) is 54.6 Å². The van der Waals surface area contributed by atoms with Crippen molar-refractivity contribution in [2.24, 2.45) is 11.8 Å². The number of benzene rings is 2. The van der Waals surface area contributed by atoms with Crippen molar-refractivity contribution in [3.05, 3.63) is 70.7 Å². The van der Waals surface area contributed by atoms with Crippen LogP contribution >= 0.6 is 11.6 Å². The fourth-order valence-corrected chi connectivity index (χ4v) is 6.58. The number of rotatable bonds is 14. The van der Waals surface area contributed by atoms with E-state index in [1.54, 1.807) is 6.07 Å². The van der Waals surface area contributed by atoms with Crippen molar-refractivity contribution in [3.8, 4) is 0 Å². The Kier molecular flexibility index (Phi) is 11.7. The lowest BCUT2D eigenvalue weighted by molar-refractivity contribution is -0.141. The molecule has 0 aromatic heterocycles. The summed E-state index contributed by atoms with van der Waals surface area (Å²) in [6, 6.07) is 14.4. The number of hydrogen-bond donors (Lipinski definition) is 4. The molecule has 246 valence electrons. The van der Waals surface area contributed by atoms with E-state index in [2.05, 4.69) is 21.3 Å². The van der Waals surface area contributed by atoms with Crippen LogP contribution in [0.4, 0.5) is 4.79 Å². The molecule has 1 heterocycles. The lowest BCUT2D eigenvalue weighted by Gasteiger charge is -2.29. The second kappa shape index (κ2) is 16.1. The average Bonchev–Trinajstić information content (AvgIpc) is 3.78. The van der Waals surface area contributed by atoms with Gasteiger partial charge in [-0.1, -0.05) is 86.2 Å². The van der Waals surface area contributed by atoms with Crippen LogP contribution in [-0.2, 0) is 30.3 Å². The first-order valence-electron chi connectivity index (χ1n) is 16.4. The van der Waals surface area contributed by atoms with Crippen LogP contribution in [-0.4, -0.2) is 54.3 Å². The number of halogens is 1. The van der Waals surface area contributed by atoms with E-state index in [4.69, 9.17) is 16.3 Å². The van der Waals surface area contributed by atoms with Crippen LogP contribution < -0.4 is 21.3 Å². The van der Waals surface area contributed by atoms with Crippen molar-refractivity contribution in [2.75, 3.05) is 6.54 Å². The van der Waals surface area contributed by atoms with Gasteiger partial charge in [-0.05, 0) is 61.3 Å². The van der Waals surface area contributed by atoms with Crippen molar-refractivity contribution in [3.63, 3.8) is 0 Å². The monoisotopic (exact) mass is 650 g/mol. The molecule has 0 radical (unpaired) electrons. The molecule has 0 spiro atoms. The van der Waals surface area contributed by atoms with Gasteiger partial charge in [-0.15, -0.1) is 0 Å². The molecular formula is C35H43ClN4O6. The number of amides is 4. The SMILES string of the molecule is O=C(NC(CC1CCCCC1)C(=O)NC(CC1CCNC1=O)C(=O)C(=O)NC1CC1)OC(Cc1cccc(Cl)c1)c1ccccc1. The molecule has 2 aromatic carbocycles. The summed E-state index contributed by atoms with van der Waals surface area (Å²) in [5.74, 6) is -2.64. The molecule has 3 aliphatic rings. The normalized spacial score (nSPS) is 20.1. The van der Waals surface area contributed by atoms with Gasteiger partial charge in [-0.25, -0.2) is 4.79 Å². The second-order valence-electron chi connectivity index (χ2n) is 12.8. The number of nitrogens with one attached hydrogen (secondary N) is 4. The first-order valence-corrected chi connectivity index (χ1v) is 16.8. The molecule has 4 atom stereocenters. The van der Waals surface area contributed by atoms with Gasteiger partial charge in [-0.2, -0.15) is 0 Å². The van der Waals surface area contributed by atoms with E-state index in [-0.39, 0.29) is 24.3 Å². The highest BCUT2D eigenvalue weighted by molar-refractivity contribution is 6.38. The van der Waals surface area contributed by atoms with Crippen LogP contribution in [0.5, 0.6) is 0 Å². The quantitative estimate of drug-likeness (QED) is 0.221. The van der Waals surface area contributed by atoms with Gasteiger partial charge in [0.25, 0.3) is 5.91 Å². The van der Waals surface area contributed by atoms with Crippen LogP contribution in [0.2, 0.25) is 5.02 Å². The Labute approximate surface area is 274 Å². The van der Waals surface area contributed by atoms with E-state index in [0.29, 0.717) is 30.8 Å². The number of alkyl carbamates (subject to hydrolysis) is 1. The first kappa shape index (κ1) is 33.4. The van der Waals surface area contributed by atoms with Crippen LogP contribution in [0, 0.1) is 11.8 Å². The largest absolute Gasteiger partial charge is 0.441 e. The number of ether oxygens (including phenoxy) is 1. The molecular weight excluding hydrogens is 608 g/mol. The zero-order valence-electron chi connectivity index (χ0n) is 26.0. The summed E-state index contributed by atoms with van der Waals surface area (Å²) in [4.78, 5) is 65.8. The van der Waals surface area contributed by atoms with E-state index in [1.807, 2.05) is 48.5 Å². The molecule has 10 nitrogen and oxygen atoms in total. The fourth-order valence-electron chi connectivity index (χ4n) is 6.37. The van der Waals surface area contributed by atoms with E-state index < -0.39 is 47.8 Å². The summed E-state index contributed by atoms with van der Waals surface area (Å²) in [5.41, 5.74) is 1.67. The minimum absolute atomic E-state index is 0.00477. The summed E-state index contributed by atoms with van der Waals surface area (Å²) < 4.78 is 5.96. The van der Waals surface area contributed by atoms with E-state index in [1.165, 1.54) is 0 Å². The highest BCUT2D eigenvalue weighted by Crippen LogP contribution is 2.29. The Bertz CT molecular complexity index is 1390. The Morgan fingerprint density at radius 2 is 1.63 bits per heavy atom. The number of carbonyl (C=O) groups is 5. The summed E-state index contributed by atoms with van der Waals surface area (Å²) in [6.07, 6.45) is 6.49. The van der Waals surface area contributed by atoms with Crippen molar-refractivity contribution in [1.29, 1.82) is 0 Å². The molecule has 2 aliphatic carbocycles. The van der Waals surface area contributed by atoms with Gasteiger partial charge in [0.15, 0.2) is 0 Å². The third kappa shape index (κ3) is 9.79. The Balaban J connectivity index is 1.32. The maximum absolute atomic E-state index is 13.9. The van der Waals surface area contributed by atoms with Crippen molar-refractivity contribution < 1.29 is 28.7 Å².